The summed E-state index contributed by atoms with van der Waals surface area (Å²) in [5, 5.41) is 12.3. The second-order valence-corrected chi connectivity index (χ2v) is 4.93. The van der Waals surface area contributed by atoms with Gasteiger partial charge in [0.15, 0.2) is 0 Å². The Morgan fingerprint density at radius 3 is 2.70 bits per heavy atom. The van der Waals surface area contributed by atoms with E-state index in [0.29, 0.717) is 27.2 Å². The fraction of sp³-hybridized carbons (Fsp3) is 0.0714. The van der Waals surface area contributed by atoms with Crippen LogP contribution in [0.1, 0.15) is 10.4 Å². The second-order valence-electron chi connectivity index (χ2n) is 4.08. The zero-order valence-electron chi connectivity index (χ0n) is 10.7. The number of amides is 1. The van der Waals surface area contributed by atoms with Gasteiger partial charge in [0.1, 0.15) is 11.5 Å². The van der Waals surface area contributed by atoms with Gasteiger partial charge < -0.3 is 20.9 Å². The van der Waals surface area contributed by atoms with Gasteiger partial charge in [0.2, 0.25) is 0 Å². The fourth-order valence-corrected chi connectivity index (χ4v) is 1.91. The van der Waals surface area contributed by atoms with E-state index in [1.807, 2.05) is 0 Å². The van der Waals surface area contributed by atoms with Gasteiger partial charge in [0, 0.05) is 17.3 Å². The summed E-state index contributed by atoms with van der Waals surface area (Å²) in [5.41, 5.74) is 7.04. The van der Waals surface area contributed by atoms with Crippen LogP contribution in [0.2, 0.25) is 0 Å². The largest absolute Gasteiger partial charge is 0.507 e. The van der Waals surface area contributed by atoms with E-state index in [-0.39, 0.29) is 11.7 Å². The van der Waals surface area contributed by atoms with Crippen LogP contribution >= 0.6 is 15.9 Å². The number of carbonyl (C=O) groups excluding carboxylic acids is 1. The van der Waals surface area contributed by atoms with Crippen molar-refractivity contribution in [1.29, 1.82) is 0 Å². The Morgan fingerprint density at radius 1 is 1.30 bits per heavy atom. The number of ether oxygens (including phenoxy) is 1. The summed E-state index contributed by atoms with van der Waals surface area (Å²) >= 11 is 3.16. The molecule has 1 amide bonds. The minimum absolute atomic E-state index is 0.00178. The van der Waals surface area contributed by atoms with Gasteiger partial charge in [-0.15, -0.1) is 0 Å². The molecule has 6 heteroatoms. The number of methoxy groups -OCH3 is 1. The van der Waals surface area contributed by atoms with Crippen molar-refractivity contribution in [2.45, 2.75) is 0 Å². The van der Waals surface area contributed by atoms with Crippen molar-refractivity contribution >= 4 is 33.2 Å². The quantitative estimate of drug-likeness (QED) is 0.752. The Balaban J connectivity index is 2.25. The molecule has 0 fully saturated rings. The van der Waals surface area contributed by atoms with Crippen molar-refractivity contribution in [3.63, 3.8) is 0 Å². The monoisotopic (exact) mass is 336 g/mol. The third-order valence-corrected chi connectivity index (χ3v) is 3.35. The molecule has 0 saturated carbocycles. The molecule has 4 N–H and O–H groups in total. The summed E-state index contributed by atoms with van der Waals surface area (Å²) < 4.78 is 5.68. The van der Waals surface area contributed by atoms with Crippen molar-refractivity contribution in [1.82, 2.24) is 0 Å². The number of phenols is 1. The predicted molar refractivity (Wildman–Crippen MR) is 81.2 cm³/mol. The molecule has 5 nitrogen and oxygen atoms in total. The van der Waals surface area contributed by atoms with Crippen LogP contribution in [-0.4, -0.2) is 18.1 Å². The Labute approximate surface area is 124 Å². The lowest BCUT2D eigenvalue weighted by atomic mass is 10.2. The van der Waals surface area contributed by atoms with Crippen molar-refractivity contribution in [3.05, 3.63) is 46.4 Å². The van der Waals surface area contributed by atoms with Crippen LogP contribution in [0.15, 0.2) is 40.9 Å². The first-order valence-corrected chi connectivity index (χ1v) is 6.54. The van der Waals surface area contributed by atoms with Crippen LogP contribution in [0, 0.1) is 0 Å². The molecule has 2 aromatic rings. The maximum atomic E-state index is 12.1. The number of rotatable bonds is 3. The van der Waals surface area contributed by atoms with Gasteiger partial charge in [-0.05, 0) is 46.3 Å². The molecule has 0 unspecified atom stereocenters. The first kappa shape index (κ1) is 14.2. The third kappa shape index (κ3) is 3.03. The maximum absolute atomic E-state index is 12.1. The molecule has 0 saturated heterocycles. The highest BCUT2D eigenvalue weighted by molar-refractivity contribution is 9.10. The molecule has 20 heavy (non-hydrogen) atoms. The molecular formula is C14H13BrN2O3. The summed E-state index contributed by atoms with van der Waals surface area (Å²) in [6.45, 7) is 0. The number of nitrogens with one attached hydrogen (secondary N) is 1. The summed E-state index contributed by atoms with van der Waals surface area (Å²) in [5.74, 6) is 0.123. The zero-order chi connectivity index (χ0) is 14.7. The number of aromatic hydroxyl groups is 1. The average molecular weight is 337 g/mol. The number of anilines is 2. The van der Waals surface area contributed by atoms with Gasteiger partial charge in [-0.2, -0.15) is 0 Å². The molecule has 0 atom stereocenters. The molecule has 0 spiro atoms. The van der Waals surface area contributed by atoms with Crippen LogP contribution in [0.4, 0.5) is 11.4 Å². The topological polar surface area (TPSA) is 84.6 Å². The number of nitrogens with two attached hydrogens (primary N) is 1. The number of hydrogen-bond donors (Lipinski definition) is 3. The van der Waals surface area contributed by atoms with E-state index >= 15 is 0 Å². The normalized spacial score (nSPS) is 10.1. The molecule has 0 radical (unpaired) electrons. The molecule has 0 aliphatic rings. The SMILES string of the molecule is COc1cc(N)ccc1NC(=O)c1ccc(Br)c(O)c1. The Kier molecular flexibility index (Phi) is 4.14. The molecule has 0 heterocycles. The van der Waals surface area contributed by atoms with Gasteiger partial charge in [-0.25, -0.2) is 0 Å². The highest BCUT2D eigenvalue weighted by atomic mass is 79.9. The minimum Gasteiger partial charge on any atom is -0.507 e. The highest BCUT2D eigenvalue weighted by Gasteiger charge is 2.11. The van der Waals surface area contributed by atoms with E-state index in [1.165, 1.54) is 13.2 Å². The number of carbonyl (C=O) groups is 1. The van der Waals surface area contributed by atoms with E-state index in [4.69, 9.17) is 10.5 Å². The number of nitrogen functional groups attached to an aromatic ring is 1. The van der Waals surface area contributed by atoms with Crippen LogP contribution in [0.5, 0.6) is 11.5 Å². The number of benzene rings is 2. The summed E-state index contributed by atoms with van der Waals surface area (Å²) in [6.07, 6.45) is 0. The fourth-order valence-electron chi connectivity index (χ4n) is 1.66. The smallest absolute Gasteiger partial charge is 0.255 e. The van der Waals surface area contributed by atoms with Gasteiger partial charge in [0.25, 0.3) is 5.91 Å². The lowest BCUT2D eigenvalue weighted by Crippen LogP contribution is -2.12. The van der Waals surface area contributed by atoms with Gasteiger partial charge >= 0.3 is 0 Å². The van der Waals surface area contributed by atoms with E-state index < -0.39 is 0 Å². The molecule has 0 aliphatic carbocycles. The average Bonchev–Trinajstić information content (AvgIpc) is 2.43. The van der Waals surface area contributed by atoms with Crippen LogP contribution in [-0.2, 0) is 0 Å². The van der Waals surface area contributed by atoms with Gasteiger partial charge in [-0.3, -0.25) is 4.79 Å². The van der Waals surface area contributed by atoms with Crippen LogP contribution in [0.25, 0.3) is 0 Å². The van der Waals surface area contributed by atoms with E-state index in [2.05, 4.69) is 21.2 Å². The van der Waals surface area contributed by atoms with E-state index in [9.17, 15) is 9.90 Å². The summed E-state index contributed by atoms with van der Waals surface area (Å²) in [4.78, 5) is 12.1. The third-order valence-electron chi connectivity index (χ3n) is 2.68. The lowest BCUT2D eigenvalue weighted by molar-refractivity contribution is 0.102. The number of hydrogen-bond acceptors (Lipinski definition) is 4. The van der Waals surface area contributed by atoms with Crippen molar-refractivity contribution in [2.24, 2.45) is 0 Å². The molecule has 0 aromatic heterocycles. The summed E-state index contributed by atoms with van der Waals surface area (Å²) in [6, 6.07) is 9.52. The van der Waals surface area contributed by atoms with E-state index in [0.717, 1.165) is 0 Å². The summed E-state index contributed by atoms with van der Waals surface area (Å²) in [7, 11) is 1.50. The Hall–Kier alpha value is -2.21. The van der Waals surface area contributed by atoms with Gasteiger partial charge in [0.05, 0.1) is 17.3 Å². The molecule has 2 rings (SSSR count). The van der Waals surface area contributed by atoms with Gasteiger partial charge in [-0.1, -0.05) is 0 Å². The number of halogens is 1. The predicted octanol–water partition coefficient (Wildman–Crippen LogP) is 3.00. The molecule has 2 aromatic carbocycles. The molecule has 0 bridgehead atoms. The molecular weight excluding hydrogens is 324 g/mol. The van der Waals surface area contributed by atoms with E-state index in [1.54, 1.807) is 30.3 Å². The lowest BCUT2D eigenvalue weighted by Gasteiger charge is -2.11. The first-order chi connectivity index (χ1) is 9.51. The Morgan fingerprint density at radius 2 is 2.05 bits per heavy atom. The van der Waals surface area contributed by atoms with Crippen LogP contribution in [0.3, 0.4) is 0 Å². The van der Waals surface area contributed by atoms with Crippen molar-refractivity contribution < 1.29 is 14.6 Å². The molecule has 0 aliphatic heterocycles. The Bertz CT molecular complexity index is 659. The van der Waals surface area contributed by atoms with Crippen molar-refractivity contribution in [2.75, 3.05) is 18.2 Å². The second kappa shape index (κ2) is 5.83. The highest BCUT2D eigenvalue weighted by Crippen LogP contribution is 2.28. The standard InChI is InChI=1S/C14H13BrN2O3/c1-20-13-7-9(16)3-5-11(13)17-14(19)8-2-4-10(15)12(18)6-8/h2-7,18H,16H2,1H3,(H,17,19). The van der Waals surface area contributed by atoms with Crippen molar-refractivity contribution in [3.8, 4) is 11.5 Å². The zero-order valence-corrected chi connectivity index (χ0v) is 12.3. The van der Waals surface area contributed by atoms with Crippen LogP contribution < -0.4 is 15.8 Å². The molecule has 104 valence electrons. The maximum Gasteiger partial charge on any atom is 0.255 e. The first-order valence-electron chi connectivity index (χ1n) is 5.74. The minimum atomic E-state index is -0.351. The number of phenolic OH excluding ortho intramolecular Hbond substituents is 1.